The van der Waals surface area contributed by atoms with Gasteiger partial charge in [-0.1, -0.05) is 24.3 Å². The molecule has 50 valence electrons. The minimum absolute atomic E-state index is 0.250. The smallest absolute Gasteiger partial charge is 0.0665 e. The van der Waals surface area contributed by atoms with Crippen LogP contribution in [0.25, 0.3) is 0 Å². The number of fused-ring (bicyclic) bond motifs is 1. The molecule has 0 saturated carbocycles. The van der Waals surface area contributed by atoms with Gasteiger partial charge in [0.05, 0.1) is 12.0 Å². The fourth-order valence-electron chi connectivity index (χ4n) is 1.68. The molecule has 2 bridgehead atoms. The fourth-order valence-corrected chi connectivity index (χ4v) is 1.68. The summed E-state index contributed by atoms with van der Waals surface area (Å²) in [5.41, 5.74) is 0. The molecular weight excluding hydrogens is 122 g/mol. The molecule has 1 heteroatoms. The van der Waals surface area contributed by atoms with Gasteiger partial charge in [0.2, 0.25) is 0 Å². The summed E-state index contributed by atoms with van der Waals surface area (Å²) < 4.78 is 0. The molecule has 0 aliphatic heterocycles. The molecule has 0 N–H and O–H groups in total. The first-order chi connectivity index (χ1) is 4.90. The maximum atomic E-state index is 8.70. The normalized spacial score (nSPS) is 41.7. The number of hydrogen-bond donors (Lipinski definition) is 0. The van der Waals surface area contributed by atoms with E-state index < -0.39 is 0 Å². The van der Waals surface area contributed by atoms with Crippen molar-refractivity contribution < 1.29 is 0 Å². The summed E-state index contributed by atoms with van der Waals surface area (Å²) in [7, 11) is 0. The predicted octanol–water partition coefficient (Wildman–Crippen LogP) is 1.89. The second-order valence-electron chi connectivity index (χ2n) is 2.98. The first-order valence-electron chi connectivity index (χ1n) is 3.66. The maximum Gasteiger partial charge on any atom is 0.0665 e. The number of hydrogen-bond acceptors (Lipinski definition) is 1. The van der Waals surface area contributed by atoms with Crippen LogP contribution < -0.4 is 0 Å². The van der Waals surface area contributed by atoms with Gasteiger partial charge in [-0.15, -0.1) is 0 Å². The van der Waals surface area contributed by atoms with Crippen LogP contribution in [-0.4, -0.2) is 0 Å². The molecule has 0 spiro atoms. The molecule has 0 saturated heterocycles. The standard InChI is InChI=1S/C9H9N/c10-6-9-5-7-1-3-8(9)4-2-7/h1-4,7-9H,5H2. The minimum Gasteiger partial charge on any atom is -0.198 e. The lowest BCUT2D eigenvalue weighted by Gasteiger charge is -2.28. The van der Waals surface area contributed by atoms with E-state index in [0.29, 0.717) is 11.8 Å². The summed E-state index contributed by atoms with van der Waals surface area (Å²) in [6, 6.07) is 2.33. The first-order valence-corrected chi connectivity index (χ1v) is 3.66. The average molecular weight is 131 g/mol. The summed E-state index contributed by atoms with van der Waals surface area (Å²) in [6.45, 7) is 0. The monoisotopic (exact) mass is 131 g/mol. The largest absolute Gasteiger partial charge is 0.198 e. The van der Waals surface area contributed by atoms with Crippen molar-refractivity contribution in [3.8, 4) is 6.07 Å². The Morgan fingerprint density at radius 1 is 1.20 bits per heavy atom. The van der Waals surface area contributed by atoms with Crippen LogP contribution in [0, 0.1) is 29.1 Å². The Bertz CT molecular complexity index is 218. The van der Waals surface area contributed by atoms with Crippen molar-refractivity contribution >= 4 is 0 Å². The van der Waals surface area contributed by atoms with Crippen LogP contribution in [0.4, 0.5) is 0 Å². The van der Waals surface area contributed by atoms with Gasteiger partial charge in [-0.3, -0.25) is 0 Å². The molecule has 1 unspecified atom stereocenters. The molecule has 10 heavy (non-hydrogen) atoms. The van der Waals surface area contributed by atoms with Crippen LogP contribution in [-0.2, 0) is 0 Å². The van der Waals surface area contributed by atoms with Crippen LogP contribution in [0.3, 0.4) is 0 Å². The zero-order valence-electron chi connectivity index (χ0n) is 5.70. The van der Waals surface area contributed by atoms with E-state index in [2.05, 4.69) is 30.4 Å². The molecule has 0 radical (unpaired) electrons. The molecule has 0 heterocycles. The van der Waals surface area contributed by atoms with Crippen molar-refractivity contribution in [1.29, 1.82) is 5.26 Å². The number of nitriles is 1. The highest BCUT2D eigenvalue weighted by Crippen LogP contribution is 2.34. The lowest BCUT2D eigenvalue weighted by Crippen LogP contribution is -2.21. The Morgan fingerprint density at radius 2 is 1.90 bits per heavy atom. The topological polar surface area (TPSA) is 23.8 Å². The van der Waals surface area contributed by atoms with Crippen LogP contribution >= 0.6 is 0 Å². The average Bonchev–Trinajstić information content (AvgIpc) is 2.06. The maximum absolute atomic E-state index is 8.70. The van der Waals surface area contributed by atoms with Gasteiger partial charge in [-0.2, -0.15) is 5.26 Å². The van der Waals surface area contributed by atoms with E-state index in [1.54, 1.807) is 0 Å². The lowest BCUT2D eigenvalue weighted by atomic mass is 9.75. The number of rotatable bonds is 0. The van der Waals surface area contributed by atoms with E-state index in [4.69, 9.17) is 5.26 Å². The number of allylic oxidation sites excluding steroid dienone is 4. The molecule has 0 aromatic rings. The molecular formula is C9H9N. The Labute approximate surface area is 60.7 Å². The third-order valence-corrected chi connectivity index (χ3v) is 2.32. The highest BCUT2D eigenvalue weighted by atomic mass is 14.4. The zero-order valence-corrected chi connectivity index (χ0v) is 5.70. The Kier molecular flexibility index (Phi) is 1.14. The van der Waals surface area contributed by atoms with E-state index in [9.17, 15) is 0 Å². The van der Waals surface area contributed by atoms with Crippen molar-refractivity contribution in [2.24, 2.45) is 17.8 Å². The van der Waals surface area contributed by atoms with Gasteiger partial charge in [0, 0.05) is 5.92 Å². The molecule has 0 fully saturated rings. The summed E-state index contributed by atoms with van der Waals surface area (Å²) in [6.07, 6.45) is 9.76. The van der Waals surface area contributed by atoms with Crippen molar-refractivity contribution in [2.75, 3.05) is 0 Å². The Balaban J connectivity index is 2.29. The van der Waals surface area contributed by atoms with Crippen molar-refractivity contribution in [2.45, 2.75) is 6.42 Å². The molecule has 0 aromatic carbocycles. The van der Waals surface area contributed by atoms with Crippen LogP contribution in [0.1, 0.15) is 6.42 Å². The third-order valence-electron chi connectivity index (χ3n) is 2.32. The Hall–Kier alpha value is -1.03. The molecule has 1 nitrogen and oxygen atoms in total. The van der Waals surface area contributed by atoms with E-state index in [1.807, 2.05) is 0 Å². The zero-order chi connectivity index (χ0) is 6.97. The molecule has 3 aliphatic carbocycles. The van der Waals surface area contributed by atoms with E-state index in [1.165, 1.54) is 0 Å². The molecule has 3 rings (SSSR count). The number of nitrogens with zero attached hydrogens (tertiary/aromatic N) is 1. The minimum atomic E-state index is 0.250. The summed E-state index contributed by atoms with van der Waals surface area (Å²) in [5.74, 6) is 1.21. The molecule has 1 atom stereocenters. The summed E-state index contributed by atoms with van der Waals surface area (Å²) >= 11 is 0. The third kappa shape index (κ3) is 0.690. The Morgan fingerprint density at radius 3 is 2.20 bits per heavy atom. The molecule has 0 aromatic heterocycles. The highest BCUT2D eigenvalue weighted by Gasteiger charge is 2.27. The van der Waals surface area contributed by atoms with Crippen LogP contribution in [0.15, 0.2) is 24.3 Å². The SMILES string of the molecule is N#CC1CC2C=CC1C=C2. The highest BCUT2D eigenvalue weighted by molar-refractivity contribution is 5.22. The second-order valence-corrected chi connectivity index (χ2v) is 2.98. The quantitative estimate of drug-likeness (QED) is 0.460. The van der Waals surface area contributed by atoms with Crippen molar-refractivity contribution in [1.82, 2.24) is 0 Å². The van der Waals surface area contributed by atoms with E-state index in [-0.39, 0.29) is 5.92 Å². The van der Waals surface area contributed by atoms with Gasteiger partial charge in [0.15, 0.2) is 0 Å². The predicted molar refractivity (Wildman–Crippen MR) is 39.0 cm³/mol. The van der Waals surface area contributed by atoms with Gasteiger partial charge in [0.1, 0.15) is 0 Å². The summed E-state index contributed by atoms with van der Waals surface area (Å²) in [5, 5.41) is 8.70. The molecule has 0 amide bonds. The van der Waals surface area contributed by atoms with Gasteiger partial charge >= 0.3 is 0 Å². The van der Waals surface area contributed by atoms with Gasteiger partial charge in [-0.05, 0) is 12.3 Å². The van der Waals surface area contributed by atoms with Gasteiger partial charge in [-0.25, -0.2) is 0 Å². The fraction of sp³-hybridized carbons (Fsp3) is 0.444. The van der Waals surface area contributed by atoms with E-state index >= 15 is 0 Å². The van der Waals surface area contributed by atoms with E-state index in [0.717, 1.165) is 6.42 Å². The van der Waals surface area contributed by atoms with Crippen LogP contribution in [0.5, 0.6) is 0 Å². The first kappa shape index (κ1) is 5.73. The van der Waals surface area contributed by atoms with Gasteiger partial charge in [0.25, 0.3) is 0 Å². The lowest BCUT2D eigenvalue weighted by molar-refractivity contribution is 0.433. The van der Waals surface area contributed by atoms with Crippen molar-refractivity contribution in [3.63, 3.8) is 0 Å². The van der Waals surface area contributed by atoms with Crippen LogP contribution in [0.2, 0.25) is 0 Å². The van der Waals surface area contributed by atoms with Crippen molar-refractivity contribution in [3.05, 3.63) is 24.3 Å². The second kappa shape index (κ2) is 1.98. The van der Waals surface area contributed by atoms with Gasteiger partial charge < -0.3 is 0 Å². The molecule has 3 aliphatic rings. The summed E-state index contributed by atoms with van der Waals surface area (Å²) in [4.78, 5) is 0.